The van der Waals surface area contributed by atoms with Gasteiger partial charge in [-0.2, -0.15) is 0 Å². The van der Waals surface area contributed by atoms with E-state index >= 15 is 0 Å². The minimum atomic E-state index is 0.0369. The number of allylic oxidation sites excluding steroid dienone is 1. The molecule has 0 radical (unpaired) electrons. The van der Waals surface area contributed by atoms with Gasteiger partial charge in [0.1, 0.15) is 0 Å². The molecule has 1 nitrogen and oxygen atoms in total. The minimum absolute atomic E-state index is 0.0369. The topological polar surface area (TPSA) is 17.1 Å². The van der Waals surface area contributed by atoms with Crippen molar-refractivity contribution in [2.75, 3.05) is 0 Å². The predicted octanol–water partition coefficient (Wildman–Crippen LogP) is 3.01. The minimum Gasteiger partial charge on any atom is -0.294 e. The Labute approximate surface area is 85.5 Å². The molecule has 1 heteroatoms. The van der Waals surface area contributed by atoms with Crippen LogP contribution in [-0.4, -0.2) is 5.78 Å². The number of carbonyl (C=O) groups excluding carboxylic acids is 1. The summed E-state index contributed by atoms with van der Waals surface area (Å²) >= 11 is 0. The van der Waals surface area contributed by atoms with Crippen molar-refractivity contribution in [3.8, 4) is 0 Å². The summed E-state index contributed by atoms with van der Waals surface area (Å²) in [5.74, 6) is 0.198. The van der Waals surface area contributed by atoms with Crippen molar-refractivity contribution < 1.29 is 4.79 Å². The van der Waals surface area contributed by atoms with Gasteiger partial charge in [-0.3, -0.25) is 4.79 Å². The van der Waals surface area contributed by atoms with Gasteiger partial charge in [0.2, 0.25) is 0 Å². The SMILES string of the molecule is C=C(C)C(=O)C(C)Cc1ccccc1. The average Bonchev–Trinajstić information content (AvgIpc) is 2.18. The molecular weight excluding hydrogens is 172 g/mol. The second-order valence-corrected chi connectivity index (χ2v) is 3.74. The van der Waals surface area contributed by atoms with Crippen molar-refractivity contribution in [2.45, 2.75) is 20.3 Å². The lowest BCUT2D eigenvalue weighted by atomic mass is 9.94. The Balaban J connectivity index is 2.62. The molecule has 1 aromatic carbocycles. The largest absolute Gasteiger partial charge is 0.294 e. The van der Waals surface area contributed by atoms with Crippen molar-refractivity contribution in [1.29, 1.82) is 0 Å². The first-order valence-corrected chi connectivity index (χ1v) is 4.85. The maximum atomic E-state index is 11.5. The lowest BCUT2D eigenvalue weighted by Gasteiger charge is -2.09. The highest BCUT2D eigenvalue weighted by molar-refractivity contribution is 5.95. The second kappa shape index (κ2) is 4.75. The number of hydrogen-bond acceptors (Lipinski definition) is 1. The molecule has 0 amide bonds. The normalized spacial score (nSPS) is 12.1. The summed E-state index contributed by atoms with van der Waals surface area (Å²) in [7, 11) is 0. The number of ketones is 1. The van der Waals surface area contributed by atoms with Crippen LogP contribution in [0.1, 0.15) is 19.4 Å². The molecule has 1 rings (SSSR count). The lowest BCUT2D eigenvalue weighted by Crippen LogP contribution is -2.13. The predicted molar refractivity (Wildman–Crippen MR) is 59.1 cm³/mol. The third-order valence-corrected chi connectivity index (χ3v) is 2.25. The van der Waals surface area contributed by atoms with Gasteiger partial charge >= 0.3 is 0 Å². The highest BCUT2D eigenvalue weighted by Gasteiger charge is 2.13. The molecule has 1 atom stereocenters. The Hall–Kier alpha value is -1.37. The van der Waals surface area contributed by atoms with E-state index in [4.69, 9.17) is 0 Å². The Bertz CT molecular complexity index is 324. The fourth-order valence-corrected chi connectivity index (χ4v) is 1.48. The Morgan fingerprint density at radius 1 is 1.36 bits per heavy atom. The maximum Gasteiger partial charge on any atom is 0.161 e. The molecule has 0 bridgehead atoms. The molecule has 0 saturated heterocycles. The molecule has 1 aromatic rings. The fraction of sp³-hybridized carbons (Fsp3) is 0.308. The number of benzene rings is 1. The molecule has 0 spiro atoms. The second-order valence-electron chi connectivity index (χ2n) is 3.74. The maximum absolute atomic E-state index is 11.5. The van der Waals surface area contributed by atoms with Gasteiger partial charge in [0.15, 0.2) is 5.78 Å². The van der Waals surface area contributed by atoms with Crippen molar-refractivity contribution in [3.63, 3.8) is 0 Å². The molecular formula is C13H16O. The summed E-state index contributed by atoms with van der Waals surface area (Å²) in [6.45, 7) is 7.38. The molecule has 0 saturated carbocycles. The highest BCUT2D eigenvalue weighted by atomic mass is 16.1. The summed E-state index contributed by atoms with van der Waals surface area (Å²) in [6.07, 6.45) is 0.798. The van der Waals surface area contributed by atoms with Crippen LogP contribution in [0, 0.1) is 5.92 Å². The van der Waals surface area contributed by atoms with Gasteiger partial charge in [0.05, 0.1) is 0 Å². The van der Waals surface area contributed by atoms with Gasteiger partial charge < -0.3 is 0 Å². The summed E-state index contributed by atoms with van der Waals surface area (Å²) < 4.78 is 0. The zero-order valence-corrected chi connectivity index (χ0v) is 8.79. The summed E-state index contributed by atoms with van der Waals surface area (Å²) in [4.78, 5) is 11.5. The first-order valence-electron chi connectivity index (χ1n) is 4.85. The Morgan fingerprint density at radius 2 is 1.93 bits per heavy atom. The summed E-state index contributed by atoms with van der Waals surface area (Å²) in [5, 5.41) is 0. The molecule has 0 aliphatic rings. The molecule has 0 heterocycles. The van der Waals surface area contributed by atoms with E-state index in [1.807, 2.05) is 37.3 Å². The van der Waals surface area contributed by atoms with Crippen LogP contribution in [0.4, 0.5) is 0 Å². The Kier molecular flexibility index (Phi) is 3.63. The van der Waals surface area contributed by atoms with Crippen LogP contribution >= 0.6 is 0 Å². The first kappa shape index (κ1) is 10.7. The molecule has 0 aliphatic carbocycles. The number of Topliss-reactive ketones (excluding diaryl/α,β-unsaturated/α-hetero) is 1. The van der Waals surface area contributed by atoms with E-state index in [9.17, 15) is 4.79 Å². The van der Waals surface area contributed by atoms with Crippen LogP contribution in [0.3, 0.4) is 0 Å². The molecule has 1 unspecified atom stereocenters. The number of rotatable bonds is 4. The number of carbonyl (C=O) groups is 1. The molecule has 14 heavy (non-hydrogen) atoms. The third-order valence-electron chi connectivity index (χ3n) is 2.25. The first-order chi connectivity index (χ1) is 6.61. The van der Waals surface area contributed by atoms with E-state index < -0.39 is 0 Å². The van der Waals surface area contributed by atoms with Crippen LogP contribution in [0.2, 0.25) is 0 Å². The fourth-order valence-electron chi connectivity index (χ4n) is 1.48. The van der Waals surface area contributed by atoms with Crippen LogP contribution in [-0.2, 0) is 11.2 Å². The van der Waals surface area contributed by atoms with Gasteiger partial charge in [0, 0.05) is 5.92 Å². The zero-order chi connectivity index (χ0) is 10.6. The van der Waals surface area contributed by atoms with E-state index in [-0.39, 0.29) is 11.7 Å². The van der Waals surface area contributed by atoms with E-state index in [1.165, 1.54) is 5.56 Å². The smallest absolute Gasteiger partial charge is 0.161 e. The van der Waals surface area contributed by atoms with Crippen molar-refractivity contribution in [3.05, 3.63) is 48.0 Å². The van der Waals surface area contributed by atoms with Crippen LogP contribution in [0.5, 0.6) is 0 Å². The van der Waals surface area contributed by atoms with Gasteiger partial charge in [-0.1, -0.05) is 43.8 Å². The molecule has 74 valence electrons. The van der Waals surface area contributed by atoms with Crippen LogP contribution in [0.25, 0.3) is 0 Å². The molecule has 0 N–H and O–H groups in total. The quantitative estimate of drug-likeness (QED) is 0.664. The number of hydrogen-bond donors (Lipinski definition) is 0. The standard InChI is InChI=1S/C13H16O/c1-10(2)13(14)11(3)9-12-7-5-4-6-8-12/h4-8,11H,1,9H2,2-3H3. The van der Waals surface area contributed by atoms with Gasteiger partial charge in [-0.25, -0.2) is 0 Å². The van der Waals surface area contributed by atoms with E-state index in [0.29, 0.717) is 5.57 Å². The van der Waals surface area contributed by atoms with Crippen molar-refractivity contribution in [2.24, 2.45) is 5.92 Å². The van der Waals surface area contributed by atoms with Crippen LogP contribution < -0.4 is 0 Å². The highest BCUT2D eigenvalue weighted by Crippen LogP contribution is 2.11. The van der Waals surface area contributed by atoms with Crippen LogP contribution in [0.15, 0.2) is 42.5 Å². The van der Waals surface area contributed by atoms with Gasteiger partial charge in [-0.05, 0) is 24.5 Å². The lowest BCUT2D eigenvalue weighted by molar-refractivity contribution is -0.118. The summed E-state index contributed by atoms with van der Waals surface area (Å²) in [6, 6.07) is 10.1. The average molecular weight is 188 g/mol. The molecule has 0 fully saturated rings. The summed E-state index contributed by atoms with van der Waals surface area (Å²) in [5.41, 5.74) is 1.85. The Morgan fingerprint density at radius 3 is 2.43 bits per heavy atom. The molecule has 0 aromatic heterocycles. The van der Waals surface area contributed by atoms with E-state index in [1.54, 1.807) is 6.92 Å². The monoisotopic (exact) mass is 188 g/mol. The van der Waals surface area contributed by atoms with Gasteiger partial charge in [0.25, 0.3) is 0 Å². The zero-order valence-electron chi connectivity index (χ0n) is 8.79. The molecule has 0 aliphatic heterocycles. The van der Waals surface area contributed by atoms with Crippen molar-refractivity contribution >= 4 is 5.78 Å². The third kappa shape index (κ3) is 2.84. The van der Waals surface area contributed by atoms with E-state index in [2.05, 4.69) is 6.58 Å². The van der Waals surface area contributed by atoms with Crippen molar-refractivity contribution in [1.82, 2.24) is 0 Å². The van der Waals surface area contributed by atoms with E-state index in [0.717, 1.165) is 6.42 Å². The van der Waals surface area contributed by atoms with Gasteiger partial charge in [-0.15, -0.1) is 0 Å².